The van der Waals surface area contributed by atoms with E-state index < -0.39 is 0 Å². The molecule has 0 saturated carbocycles. The Morgan fingerprint density at radius 1 is 1.00 bits per heavy atom. The average molecular weight is 429 g/mol. The van der Waals surface area contributed by atoms with Crippen LogP contribution in [0.4, 0.5) is 5.69 Å². The molecular weight excluding hydrogens is 400 g/mol. The highest BCUT2D eigenvalue weighted by molar-refractivity contribution is 6.04. The summed E-state index contributed by atoms with van der Waals surface area (Å²) in [4.78, 5) is 17.2. The Bertz CT molecular complexity index is 1200. The fraction of sp³-hybridized carbons (Fsp3) is 0.259. The van der Waals surface area contributed by atoms with Crippen molar-refractivity contribution < 1.29 is 13.9 Å². The first-order valence-electron chi connectivity index (χ1n) is 11.2. The van der Waals surface area contributed by atoms with E-state index in [1.54, 1.807) is 12.1 Å². The number of carbonyl (C=O) groups is 1. The molecule has 32 heavy (non-hydrogen) atoms. The number of carbonyl (C=O) groups excluding carboxylic acids is 1. The third kappa shape index (κ3) is 5.35. The average Bonchev–Trinajstić information content (AvgIpc) is 3.22. The van der Waals surface area contributed by atoms with Crippen molar-refractivity contribution in [1.29, 1.82) is 0 Å². The van der Waals surface area contributed by atoms with Crippen LogP contribution in [0.5, 0.6) is 5.75 Å². The summed E-state index contributed by atoms with van der Waals surface area (Å²) in [5.41, 5.74) is 5.32. The lowest BCUT2D eigenvalue weighted by Crippen LogP contribution is -2.12. The summed E-state index contributed by atoms with van der Waals surface area (Å²) in [6, 6.07) is 21.1. The minimum absolute atomic E-state index is 0.163. The molecule has 0 spiro atoms. The zero-order valence-electron chi connectivity index (χ0n) is 18.6. The number of ether oxygens (including phenoxy) is 1. The molecule has 1 aromatic heterocycles. The molecule has 4 aromatic rings. The van der Waals surface area contributed by atoms with Crippen LogP contribution in [0, 0.1) is 0 Å². The van der Waals surface area contributed by atoms with Gasteiger partial charge in [-0.05, 0) is 66.4 Å². The van der Waals surface area contributed by atoms with E-state index >= 15 is 0 Å². The van der Waals surface area contributed by atoms with Crippen molar-refractivity contribution in [2.45, 2.75) is 39.5 Å². The molecule has 0 atom stereocenters. The zero-order valence-corrected chi connectivity index (χ0v) is 18.6. The van der Waals surface area contributed by atoms with Crippen molar-refractivity contribution in [3.63, 3.8) is 0 Å². The molecule has 0 fully saturated rings. The Morgan fingerprint density at radius 3 is 2.59 bits per heavy atom. The van der Waals surface area contributed by atoms with E-state index in [0.717, 1.165) is 41.6 Å². The van der Waals surface area contributed by atoms with Gasteiger partial charge in [-0.1, -0.05) is 44.5 Å². The number of benzene rings is 3. The van der Waals surface area contributed by atoms with E-state index in [9.17, 15) is 4.79 Å². The van der Waals surface area contributed by atoms with Gasteiger partial charge in [-0.15, -0.1) is 0 Å². The molecule has 5 heteroatoms. The second kappa shape index (κ2) is 10.1. The van der Waals surface area contributed by atoms with Gasteiger partial charge in [-0.25, -0.2) is 4.98 Å². The van der Waals surface area contributed by atoms with Crippen LogP contribution in [0.25, 0.3) is 11.1 Å². The van der Waals surface area contributed by atoms with Crippen molar-refractivity contribution in [2.75, 3.05) is 11.9 Å². The van der Waals surface area contributed by atoms with E-state index in [2.05, 4.69) is 36.3 Å². The van der Waals surface area contributed by atoms with Gasteiger partial charge in [-0.2, -0.15) is 0 Å². The Labute approximate surface area is 188 Å². The van der Waals surface area contributed by atoms with Crippen LogP contribution in [-0.4, -0.2) is 17.5 Å². The summed E-state index contributed by atoms with van der Waals surface area (Å²) in [6.07, 6.45) is 3.64. The fourth-order valence-electron chi connectivity index (χ4n) is 3.46. The van der Waals surface area contributed by atoms with E-state index in [1.165, 1.54) is 5.56 Å². The molecule has 0 bridgehead atoms. The predicted octanol–water partition coefficient (Wildman–Crippen LogP) is 6.41. The van der Waals surface area contributed by atoms with Gasteiger partial charge >= 0.3 is 0 Å². The van der Waals surface area contributed by atoms with Crippen molar-refractivity contribution in [3.8, 4) is 5.75 Å². The van der Waals surface area contributed by atoms with Crippen molar-refractivity contribution in [3.05, 3.63) is 89.3 Å². The van der Waals surface area contributed by atoms with Crippen LogP contribution >= 0.6 is 0 Å². The van der Waals surface area contributed by atoms with Crippen LogP contribution in [0.3, 0.4) is 0 Å². The number of unbranched alkanes of at least 4 members (excludes halogenated alkanes) is 1. The number of rotatable bonds is 9. The first-order chi connectivity index (χ1) is 15.6. The van der Waals surface area contributed by atoms with E-state index in [-0.39, 0.29) is 5.91 Å². The molecule has 5 nitrogen and oxygen atoms in total. The smallest absolute Gasteiger partial charge is 0.255 e. The molecule has 1 N–H and O–H groups in total. The fourth-order valence-corrected chi connectivity index (χ4v) is 3.46. The SMILES string of the molecule is CCCCOc1cccc(C(=O)Nc2ccc(Cc3nc4cc(CC)ccc4o3)cc2)c1. The lowest BCUT2D eigenvalue weighted by molar-refractivity contribution is 0.102. The quantitative estimate of drug-likeness (QED) is 0.313. The summed E-state index contributed by atoms with van der Waals surface area (Å²) >= 11 is 0. The Balaban J connectivity index is 1.38. The van der Waals surface area contributed by atoms with Crippen LogP contribution < -0.4 is 10.1 Å². The van der Waals surface area contributed by atoms with Gasteiger partial charge in [0.2, 0.25) is 0 Å². The van der Waals surface area contributed by atoms with E-state index in [4.69, 9.17) is 9.15 Å². The molecule has 4 rings (SSSR count). The topological polar surface area (TPSA) is 64.4 Å². The molecule has 1 amide bonds. The molecule has 1 heterocycles. The predicted molar refractivity (Wildman–Crippen MR) is 127 cm³/mol. The van der Waals surface area contributed by atoms with Gasteiger partial charge in [0.15, 0.2) is 11.5 Å². The van der Waals surface area contributed by atoms with Crippen LogP contribution in [-0.2, 0) is 12.8 Å². The maximum absolute atomic E-state index is 12.6. The standard InChI is InChI=1S/C27H28N2O3/c1-3-5-15-31-23-8-6-7-21(18-23)27(30)28-22-12-9-20(10-13-22)17-26-29-24-16-19(4-2)11-14-25(24)32-26/h6-14,16,18H,3-5,15,17H2,1-2H3,(H,28,30). The van der Waals surface area contributed by atoms with Gasteiger partial charge in [0.1, 0.15) is 11.3 Å². The summed E-state index contributed by atoms with van der Waals surface area (Å²) in [7, 11) is 0. The van der Waals surface area contributed by atoms with Gasteiger partial charge < -0.3 is 14.5 Å². The van der Waals surface area contributed by atoms with Gasteiger partial charge in [0.05, 0.1) is 6.61 Å². The maximum Gasteiger partial charge on any atom is 0.255 e. The number of oxazole rings is 1. The summed E-state index contributed by atoms with van der Waals surface area (Å²) in [5, 5.41) is 2.94. The Hall–Kier alpha value is -3.60. The summed E-state index contributed by atoms with van der Waals surface area (Å²) in [6.45, 7) is 4.90. The highest BCUT2D eigenvalue weighted by Gasteiger charge is 2.10. The molecule has 0 unspecified atom stereocenters. The van der Waals surface area contributed by atoms with Crippen LogP contribution in [0.2, 0.25) is 0 Å². The third-order valence-corrected chi connectivity index (χ3v) is 5.33. The van der Waals surface area contributed by atoms with Crippen LogP contribution in [0.1, 0.15) is 54.1 Å². The normalized spacial score (nSPS) is 10.9. The second-order valence-corrected chi connectivity index (χ2v) is 7.82. The third-order valence-electron chi connectivity index (χ3n) is 5.33. The monoisotopic (exact) mass is 428 g/mol. The van der Waals surface area contributed by atoms with Crippen molar-refractivity contribution in [2.24, 2.45) is 0 Å². The lowest BCUT2D eigenvalue weighted by Gasteiger charge is -2.09. The van der Waals surface area contributed by atoms with Gasteiger partial charge in [-0.3, -0.25) is 4.79 Å². The Morgan fingerprint density at radius 2 is 1.81 bits per heavy atom. The number of fused-ring (bicyclic) bond motifs is 1. The number of anilines is 1. The molecule has 0 aliphatic carbocycles. The summed E-state index contributed by atoms with van der Waals surface area (Å²) < 4.78 is 11.6. The molecular formula is C27H28N2O3. The lowest BCUT2D eigenvalue weighted by atomic mass is 10.1. The maximum atomic E-state index is 12.6. The first-order valence-corrected chi connectivity index (χ1v) is 11.2. The minimum Gasteiger partial charge on any atom is -0.494 e. The molecule has 0 aliphatic rings. The number of aromatic nitrogens is 1. The number of nitrogens with zero attached hydrogens (tertiary/aromatic N) is 1. The second-order valence-electron chi connectivity index (χ2n) is 7.82. The van der Waals surface area contributed by atoms with Crippen molar-refractivity contribution in [1.82, 2.24) is 4.98 Å². The molecule has 0 aliphatic heterocycles. The molecule has 0 radical (unpaired) electrons. The number of nitrogens with one attached hydrogen (secondary N) is 1. The number of hydrogen-bond acceptors (Lipinski definition) is 4. The minimum atomic E-state index is -0.163. The van der Waals surface area contributed by atoms with Gasteiger partial charge in [0, 0.05) is 17.7 Å². The van der Waals surface area contributed by atoms with Gasteiger partial charge in [0.25, 0.3) is 5.91 Å². The Kier molecular flexibility index (Phi) is 6.85. The largest absolute Gasteiger partial charge is 0.494 e. The zero-order chi connectivity index (χ0) is 22.3. The molecule has 3 aromatic carbocycles. The molecule has 164 valence electrons. The summed E-state index contributed by atoms with van der Waals surface area (Å²) in [5.74, 6) is 1.24. The van der Waals surface area contributed by atoms with Crippen LogP contribution in [0.15, 0.2) is 71.1 Å². The highest BCUT2D eigenvalue weighted by atomic mass is 16.5. The van der Waals surface area contributed by atoms with E-state index in [0.29, 0.717) is 30.2 Å². The van der Waals surface area contributed by atoms with Crippen molar-refractivity contribution >= 4 is 22.7 Å². The number of aryl methyl sites for hydroxylation is 1. The first kappa shape index (κ1) is 21.6. The number of amides is 1. The van der Waals surface area contributed by atoms with E-state index in [1.807, 2.05) is 42.5 Å². The molecule has 0 saturated heterocycles. The number of hydrogen-bond donors (Lipinski definition) is 1. The highest BCUT2D eigenvalue weighted by Crippen LogP contribution is 2.21.